The molecule has 28 heavy (non-hydrogen) atoms. The van der Waals surface area contributed by atoms with E-state index in [0.29, 0.717) is 36.6 Å². The Morgan fingerprint density at radius 1 is 0.929 bits per heavy atom. The number of carbonyl (C=O) groups is 1. The van der Waals surface area contributed by atoms with Crippen LogP contribution < -0.4 is 4.74 Å². The second-order valence-electron chi connectivity index (χ2n) is 7.64. The van der Waals surface area contributed by atoms with Gasteiger partial charge in [-0.05, 0) is 63.8 Å². The number of hydrogen-bond acceptors (Lipinski definition) is 4. The molecular weight excluding hydrogens is 374 g/mol. The molecule has 0 spiro atoms. The molecule has 1 aliphatic rings. The van der Waals surface area contributed by atoms with E-state index in [1.165, 1.54) is 4.31 Å². The lowest BCUT2D eigenvalue weighted by atomic mass is 9.98. The van der Waals surface area contributed by atoms with Gasteiger partial charge >= 0.3 is 5.97 Å². The molecule has 0 atom stereocenters. The highest BCUT2D eigenvalue weighted by Crippen LogP contribution is 2.28. The summed E-state index contributed by atoms with van der Waals surface area (Å²) in [6, 6.07) is 11.0. The molecule has 0 bridgehead atoms. The number of aryl methyl sites for hydroxylation is 4. The van der Waals surface area contributed by atoms with Crippen LogP contribution in [0, 0.1) is 33.6 Å². The summed E-state index contributed by atoms with van der Waals surface area (Å²) in [7, 11) is -3.55. The van der Waals surface area contributed by atoms with Crippen molar-refractivity contribution in [2.45, 2.75) is 45.4 Å². The third kappa shape index (κ3) is 4.28. The molecule has 0 unspecified atom stereocenters. The van der Waals surface area contributed by atoms with E-state index in [2.05, 4.69) is 0 Å². The maximum atomic E-state index is 13.0. The number of piperidine rings is 1. The Morgan fingerprint density at radius 2 is 1.50 bits per heavy atom. The predicted octanol–water partition coefficient (Wildman–Crippen LogP) is 3.93. The summed E-state index contributed by atoms with van der Waals surface area (Å²) in [4.78, 5) is 12.9. The molecule has 0 N–H and O–H groups in total. The molecule has 1 heterocycles. The van der Waals surface area contributed by atoms with Crippen molar-refractivity contribution >= 4 is 16.0 Å². The van der Waals surface area contributed by atoms with Crippen LogP contribution >= 0.6 is 0 Å². The van der Waals surface area contributed by atoms with Gasteiger partial charge in [0.2, 0.25) is 10.0 Å². The van der Waals surface area contributed by atoms with Crippen molar-refractivity contribution in [2.24, 2.45) is 5.92 Å². The smallest absolute Gasteiger partial charge is 0.314 e. The molecular formula is C22H27NO4S. The summed E-state index contributed by atoms with van der Waals surface area (Å²) in [5.74, 6) is 0.00252. The lowest BCUT2D eigenvalue weighted by Gasteiger charge is -2.30. The Bertz CT molecular complexity index is 990. The van der Waals surface area contributed by atoms with Gasteiger partial charge in [0.05, 0.1) is 10.8 Å². The van der Waals surface area contributed by atoms with Crippen LogP contribution in [0.4, 0.5) is 0 Å². The van der Waals surface area contributed by atoms with Crippen molar-refractivity contribution in [3.05, 3.63) is 58.7 Å². The zero-order valence-electron chi connectivity index (χ0n) is 16.9. The van der Waals surface area contributed by atoms with E-state index in [-0.39, 0.29) is 11.9 Å². The molecule has 0 aromatic heterocycles. The van der Waals surface area contributed by atoms with Gasteiger partial charge < -0.3 is 4.74 Å². The summed E-state index contributed by atoms with van der Waals surface area (Å²) < 4.78 is 33.0. The minimum atomic E-state index is -3.55. The van der Waals surface area contributed by atoms with E-state index in [0.717, 1.165) is 22.3 Å². The maximum Gasteiger partial charge on any atom is 0.314 e. The third-order valence-corrected chi connectivity index (χ3v) is 7.34. The van der Waals surface area contributed by atoms with Gasteiger partial charge in [0.25, 0.3) is 0 Å². The van der Waals surface area contributed by atoms with Gasteiger partial charge in [-0.25, -0.2) is 8.42 Å². The number of benzene rings is 2. The molecule has 2 aromatic carbocycles. The van der Waals surface area contributed by atoms with Gasteiger partial charge in [-0.3, -0.25) is 4.79 Å². The van der Waals surface area contributed by atoms with Gasteiger partial charge in [0.15, 0.2) is 0 Å². The van der Waals surface area contributed by atoms with Crippen molar-refractivity contribution in [1.82, 2.24) is 4.31 Å². The molecule has 1 fully saturated rings. The van der Waals surface area contributed by atoms with Gasteiger partial charge in [-0.2, -0.15) is 4.31 Å². The Labute approximate surface area is 167 Å². The van der Waals surface area contributed by atoms with Crippen molar-refractivity contribution in [3.63, 3.8) is 0 Å². The molecule has 3 rings (SSSR count). The standard InChI is InChI=1S/C22H27NO4S/c1-15-5-7-20(17(3)13-15)27-22(24)19-9-11-23(12-10-19)28(25,26)21-8-6-16(2)14-18(21)4/h5-8,13-14,19H,9-12H2,1-4H3. The summed E-state index contributed by atoms with van der Waals surface area (Å²) in [5.41, 5.74) is 3.81. The molecule has 0 saturated carbocycles. The van der Waals surface area contributed by atoms with Gasteiger partial charge in [0.1, 0.15) is 5.75 Å². The molecule has 1 aliphatic heterocycles. The predicted molar refractivity (Wildman–Crippen MR) is 109 cm³/mol. The highest BCUT2D eigenvalue weighted by Gasteiger charge is 2.33. The van der Waals surface area contributed by atoms with E-state index in [1.54, 1.807) is 6.07 Å². The first-order valence-corrected chi connectivity index (χ1v) is 11.0. The summed E-state index contributed by atoms with van der Waals surface area (Å²) >= 11 is 0. The topological polar surface area (TPSA) is 63.7 Å². The number of nitrogens with zero attached hydrogens (tertiary/aromatic N) is 1. The van der Waals surface area contributed by atoms with Crippen molar-refractivity contribution in [1.29, 1.82) is 0 Å². The molecule has 6 heteroatoms. The second-order valence-corrected chi connectivity index (χ2v) is 9.54. The largest absolute Gasteiger partial charge is 0.426 e. The second kappa shape index (κ2) is 8.05. The van der Waals surface area contributed by atoms with E-state index >= 15 is 0 Å². The first-order valence-electron chi connectivity index (χ1n) is 9.55. The first-order chi connectivity index (χ1) is 13.2. The lowest BCUT2D eigenvalue weighted by Crippen LogP contribution is -2.41. The summed E-state index contributed by atoms with van der Waals surface area (Å²) in [5, 5.41) is 0. The maximum absolute atomic E-state index is 13.0. The molecule has 0 aliphatic carbocycles. The number of sulfonamides is 1. The van der Waals surface area contributed by atoms with E-state index in [1.807, 2.05) is 58.0 Å². The van der Waals surface area contributed by atoms with Gasteiger partial charge in [0, 0.05) is 13.1 Å². The fourth-order valence-electron chi connectivity index (χ4n) is 3.67. The monoisotopic (exact) mass is 401 g/mol. The summed E-state index contributed by atoms with van der Waals surface area (Å²) in [6.07, 6.45) is 0.932. The Balaban J connectivity index is 1.65. The molecule has 2 aromatic rings. The normalized spacial score (nSPS) is 16.1. The quantitative estimate of drug-likeness (QED) is 0.575. The molecule has 1 saturated heterocycles. The number of esters is 1. The van der Waals surface area contributed by atoms with Crippen LogP contribution in [0.3, 0.4) is 0 Å². The number of hydrogen-bond donors (Lipinski definition) is 0. The Hall–Kier alpha value is -2.18. The molecule has 5 nitrogen and oxygen atoms in total. The highest BCUT2D eigenvalue weighted by molar-refractivity contribution is 7.89. The lowest BCUT2D eigenvalue weighted by molar-refractivity contribution is -0.140. The van der Waals surface area contributed by atoms with Crippen molar-refractivity contribution < 1.29 is 17.9 Å². The van der Waals surface area contributed by atoms with Crippen LogP contribution in [0.15, 0.2) is 41.3 Å². The minimum absolute atomic E-state index is 0.282. The minimum Gasteiger partial charge on any atom is -0.426 e. The number of ether oxygens (including phenoxy) is 1. The van der Waals surface area contributed by atoms with Crippen LogP contribution in [0.2, 0.25) is 0 Å². The highest BCUT2D eigenvalue weighted by atomic mass is 32.2. The van der Waals surface area contributed by atoms with Crippen molar-refractivity contribution in [2.75, 3.05) is 13.1 Å². The average Bonchev–Trinajstić information content (AvgIpc) is 2.63. The van der Waals surface area contributed by atoms with Crippen LogP contribution in [-0.4, -0.2) is 31.8 Å². The Kier molecular flexibility index (Phi) is 5.91. The number of rotatable bonds is 4. The van der Waals surface area contributed by atoms with Crippen LogP contribution in [0.5, 0.6) is 5.75 Å². The zero-order valence-corrected chi connectivity index (χ0v) is 17.7. The van der Waals surface area contributed by atoms with Crippen LogP contribution in [0.25, 0.3) is 0 Å². The first kappa shape index (κ1) is 20.6. The van der Waals surface area contributed by atoms with Crippen molar-refractivity contribution in [3.8, 4) is 5.75 Å². The molecule has 0 amide bonds. The van der Waals surface area contributed by atoms with E-state index < -0.39 is 10.0 Å². The van der Waals surface area contributed by atoms with E-state index in [4.69, 9.17) is 4.74 Å². The molecule has 0 radical (unpaired) electrons. The number of carbonyl (C=O) groups excluding carboxylic acids is 1. The fourth-order valence-corrected chi connectivity index (χ4v) is 5.34. The Morgan fingerprint density at radius 3 is 2.07 bits per heavy atom. The zero-order chi connectivity index (χ0) is 20.5. The third-order valence-electron chi connectivity index (χ3n) is 5.28. The van der Waals surface area contributed by atoms with Crippen LogP contribution in [-0.2, 0) is 14.8 Å². The van der Waals surface area contributed by atoms with E-state index in [9.17, 15) is 13.2 Å². The molecule has 150 valence electrons. The summed E-state index contributed by atoms with van der Waals surface area (Å²) in [6.45, 7) is 8.30. The average molecular weight is 402 g/mol. The fraction of sp³-hybridized carbons (Fsp3) is 0.409. The van der Waals surface area contributed by atoms with Crippen LogP contribution in [0.1, 0.15) is 35.1 Å². The van der Waals surface area contributed by atoms with Gasteiger partial charge in [-0.15, -0.1) is 0 Å². The van der Waals surface area contributed by atoms with Gasteiger partial charge in [-0.1, -0.05) is 35.4 Å². The SMILES string of the molecule is Cc1ccc(OC(=O)C2CCN(S(=O)(=O)c3ccc(C)cc3C)CC2)c(C)c1.